The van der Waals surface area contributed by atoms with Gasteiger partial charge < -0.3 is 9.80 Å². The van der Waals surface area contributed by atoms with Gasteiger partial charge in [-0.05, 0) is 17.7 Å². The van der Waals surface area contributed by atoms with Crippen LogP contribution in [0.2, 0.25) is 0 Å². The number of carbonyl (C=O) groups is 2. The summed E-state index contributed by atoms with van der Waals surface area (Å²) in [7, 11) is 0. The van der Waals surface area contributed by atoms with Crippen LogP contribution in [-0.4, -0.2) is 47.8 Å². The van der Waals surface area contributed by atoms with Crippen molar-refractivity contribution in [3.05, 3.63) is 35.9 Å². The van der Waals surface area contributed by atoms with Gasteiger partial charge in [0.1, 0.15) is 0 Å². The van der Waals surface area contributed by atoms with Crippen LogP contribution < -0.4 is 0 Å². The fourth-order valence-electron chi connectivity index (χ4n) is 2.49. The largest absolute Gasteiger partial charge is 0.417 e. The summed E-state index contributed by atoms with van der Waals surface area (Å²) in [4.78, 5) is 26.6. The molecular formula is C16H17F3N2O2S. The maximum absolute atomic E-state index is 13.0. The second-order valence-corrected chi connectivity index (χ2v) is 5.99. The van der Waals surface area contributed by atoms with Gasteiger partial charge in [-0.2, -0.15) is 13.2 Å². The summed E-state index contributed by atoms with van der Waals surface area (Å²) >= 11 is 3.81. The van der Waals surface area contributed by atoms with Crippen LogP contribution in [0.15, 0.2) is 29.7 Å². The molecule has 0 aliphatic carbocycles. The third kappa shape index (κ3) is 3.92. The van der Waals surface area contributed by atoms with E-state index in [2.05, 4.69) is 19.2 Å². The van der Waals surface area contributed by atoms with Gasteiger partial charge in [-0.25, -0.2) is 0 Å². The summed E-state index contributed by atoms with van der Waals surface area (Å²) in [5, 5.41) is 0. The molecule has 130 valence electrons. The van der Waals surface area contributed by atoms with E-state index >= 15 is 0 Å². The Kier molecular flexibility index (Phi) is 5.27. The van der Waals surface area contributed by atoms with E-state index in [0.29, 0.717) is 26.2 Å². The van der Waals surface area contributed by atoms with Gasteiger partial charge in [0.15, 0.2) is 0 Å². The lowest BCUT2D eigenvalue weighted by Crippen LogP contribution is -2.50. The quantitative estimate of drug-likeness (QED) is 0.652. The molecule has 1 aromatic rings. The summed E-state index contributed by atoms with van der Waals surface area (Å²) in [6.07, 6.45) is -4.55. The number of hydrogen-bond donors (Lipinski definition) is 1. The summed E-state index contributed by atoms with van der Waals surface area (Å²) in [5.41, 5.74) is -0.803. The second kappa shape index (κ2) is 6.88. The average Bonchev–Trinajstić information content (AvgIpc) is 2.53. The normalized spacial score (nSPS) is 15.4. The van der Waals surface area contributed by atoms with Gasteiger partial charge in [0.25, 0.3) is 5.91 Å². The van der Waals surface area contributed by atoms with E-state index in [-0.39, 0.29) is 21.9 Å². The molecule has 1 aliphatic heterocycles. The minimum Gasteiger partial charge on any atom is -0.339 e. The van der Waals surface area contributed by atoms with E-state index in [0.717, 1.165) is 6.07 Å². The monoisotopic (exact) mass is 358 g/mol. The first-order valence-corrected chi connectivity index (χ1v) is 7.70. The van der Waals surface area contributed by atoms with Crippen LogP contribution in [0.4, 0.5) is 13.2 Å². The third-order valence-corrected chi connectivity index (χ3v) is 4.31. The van der Waals surface area contributed by atoms with Crippen LogP contribution in [0.5, 0.6) is 0 Å². The number of rotatable bonds is 2. The van der Waals surface area contributed by atoms with Crippen molar-refractivity contribution >= 4 is 30.0 Å². The molecule has 0 unspecified atom stereocenters. The van der Waals surface area contributed by atoms with Crippen molar-refractivity contribution in [2.75, 3.05) is 26.2 Å². The molecule has 2 rings (SSSR count). The zero-order valence-electron chi connectivity index (χ0n) is 13.1. The van der Waals surface area contributed by atoms with Crippen LogP contribution in [0, 0.1) is 0 Å². The lowest BCUT2D eigenvalue weighted by atomic mass is 10.0. The van der Waals surface area contributed by atoms with Gasteiger partial charge in [0.2, 0.25) is 5.91 Å². The van der Waals surface area contributed by atoms with Crippen LogP contribution >= 0.6 is 12.6 Å². The van der Waals surface area contributed by atoms with Crippen LogP contribution in [0.3, 0.4) is 0 Å². The smallest absolute Gasteiger partial charge is 0.339 e. The van der Waals surface area contributed by atoms with Crippen LogP contribution in [0.25, 0.3) is 5.57 Å². The minimum atomic E-state index is -4.55. The second-order valence-electron chi connectivity index (χ2n) is 5.51. The van der Waals surface area contributed by atoms with Crippen molar-refractivity contribution in [2.45, 2.75) is 18.0 Å². The molecule has 0 saturated carbocycles. The molecule has 8 heteroatoms. The Labute approximate surface area is 143 Å². The van der Waals surface area contributed by atoms with Crippen molar-refractivity contribution in [1.82, 2.24) is 9.80 Å². The lowest BCUT2D eigenvalue weighted by Gasteiger charge is -2.34. The Morgan fingerprint density at radius 2 is 1.67 bits per heavy atom. The number of alkyl halides is 3. The highest BCUT2D eigenvalue weighted by Gasteiger charge is 2.33. The van der Waals surface area contributed by atoms with E-state index in [4.69, 9.17) is 0 Å². The lowest BCUT2D eigenvalue weighted by molar-refractivity contribution is -0.139. The van der Waals surface area contributed by atoms with Gasteiger partial charge in [0, 0.05) is 43.6 Å². The zero-order valence-corrected chi connectivity index (χ0v) is 14.0. The number of halogens is 3. The molecule has 4 nitrogen and oxygen atoms in total. The van der Waals surface area contributed by atoms with Gasteiger partial charge in [0.05, 0.1) is 5.56 Å². The maximum atomic E-state index is 13.0. The average molecular weight is 358 g/mol. The van der Waals surface area contributed by atoms with Crippen molar-refractivity contribution in [2.24, 2.45) is 0 Å². The maximum Gasteiger partial charge on any atom is 0.417 e. The number of hydrogen-bond acceptors (Lipinski definition) is 3. The van der Waals surface area contributed by atoms with Gasteiger partial charge >= 0.3 is 6.18 Å². The van der Waals surface area contributed by atoms with E-state index in [1.54, 1.807) is 4.90 Å². The molecule has 0 atom stereocenters. The molecule has 1 aliphatic rings. The first-order valence-electron chi connectivity index (χ1n) is 7.25. The number of nitrogens with zero attached hydrogens (tertiary/aromatic N) is 2. The van der Waals surface area contributed by atoms with Crippen molar-refractivity contribution in [1.29, 1.82) is 0 Å². The van der Waals surface area contributed by atoms with Crippen molar-refractivity contribution in [3.8, 4) is 0 Å². The molecule has 0 bridgehead atoms. The number of piperazine rings is 1. The molecule has 2 amide bonds. The van der Waals surface area contributed by atoms with Gasteiger partial charge in [-0.15, -0.1) is 12.6 Å². The number of benzene rings is 1. The van der Waals surface area contributed by atoms with Gasteiger partial charge in [-0.3, -0.25) is 9.59 Å². The predicted octanol–water partition coefficient (Wildman–Crippen LogP) is 2.70. The van der Waals surface area contributed by atoms with E-state index in [9.17, 15) is 22.8 Å². The molecule has 1 fully saturated rings. The molecule has 1 heterocycles. The standard InChI is InChI=1S/C16H17F3N2O2S/c1-10(12-3-4-14(24)13(9-12)16(17,18)19)15(23)21-7-5-20(6-8-21)11(2)22/h3-4,9,24H,1,5-8H2,2H3. The number of amides is 2. The highest BCUT2D eigenvalue weighted by atomic mass is 32.1. The third-order valence-electron chi connectivity index (χ3n) is 3.92. The Morgan fingerprint density at radius 1 is 1.12 bits per heavy atom. The van der Waals surface area contributed by atoms with Crippen molar-refractivity contribution in [3.63, 3.8) is 0 Å². The molecule has 0 spiro atoms. The molecule has 1 saturated heterocycles. The van der Waals surface area contributed by atoms with E-state index < -0.39 is 17.6 Å². The first-order chi connectivity index (χ1) is 11.1. The molecule has 0 N–H and O–H groups in total. The number of thiol groups is 1. The molecule has 1 aromatic carbocycles. The highest BCUT2D eigenvalue weighted by molar-refractivity contribution is 7.80. The first kappa shape index (κ1) is 18.4. The Morgan fingerprint density at radius 3 is 2.17 bits per heavy atom. The van der Waals surface area contributed by atoms with Crippen molar-refractivity contribution < 1.29 is 22.8 Å². The Hall–Kier alpha value is -1.96. The fourth-order valence-corrected chi connectivity index (χ4v) is 2.76. The minimum absolute atomic E-state index is 0.00916. The fraction of sp³-hybridized carbons (Fsp3) is 0.375. The molecule has 0 aromatic heterocycles. The van der Waals surface area contributed by atoms with Gasteiger partial charge in [-0.1, -0.05) is 12.6 Å². The number of carbonyl (C=O) groups excluding carboxylic acids is 2. The molecular weight excluding hydrogens is 341 g/mol. The summed E-state index contributed by atoms with van der Waals surface area (Å²) in [6.45, 7) is 6.55. The summed E-state index contributed by atoms with van der Waals surface area (Å²) in [5.74, 6) is -0.502. The Bertz CT molecular complexity index is 680. The topological polar surface area (TPSA) is 40.6 Å². The van der Waals surface area contributed by atoms with E-state index in [1.165, 1.54) is 24.0 Å². The Balaban J connectivity index is 2.15. The molecule has 0 radical (unpaired) electrons. The van der Waals surface area contributed by atoms with Crippen LogP contribution in [0.1, 0.15) is 18.1 Å². The van der Waals surface area contributed by atoms with Crippen LogP contribution in [-0.2, 0) is 15.8 Å². The predicted molar refractivity (Wildman–Crippen MR) is 86.6 cm³/mol. The van der Waals surface area contributed by atoms with E-state index in [1.807, 2.05) is 0 Å². The summed E-state index contributed by atoms with van der Waals surface area (Å²) < 4.78 is 38.9. The summed E-state index contributed by atoms with van der Waals surface area (Å²) in [6, 6.07) is 3.48. The zero-order chi connectivity index (χ0) is 18.1. The highest BCUT2D eigenvalue weighted by Crippen LogP contribution is 2.35. The SMILES string of the molecule is C=C(C(=O)N1CCN(C(C)=O)CC1)c1ccc(S)c(C(F)(F)F)c1. The molecule has 24 heavy (non-hydrogen) atoms.